The summed E-state index contributed by atoms with van der Waals surface area (Å²) < 4.78 is 0. The van der Waals surface area contributed by atoms with E-state index in [-0.39, 0.29) is 11.6 Å². The molecule has 3 rings (SSSR count). The van der Waals surface area contributed by atoms with Gasteiger partial charge >= 0.3 is 0 Å². The minimum atomic E-state index is -0.342. The molecule has 1 aliphatic rings. The summed E-state index contributed by atoms with van der Waals surface area (Å²) in [5.74, 6) is 0.444. The van der Waals surface area contributed by atoms with Crippen molar-refractivity contribution in [3.8, 4) is 0 Å². The van der Waals surface area contributed by atoms with Crippen molar-refractivity contribution in [1.82, 2.24) is 14.9 Å². The van der Waals surface area contributed by atoms with Gasteiger partial charge in [-0.05, 0) is 25.2 Å². The Morgan fingerprint density at radius 1 is 1.08 bits per heavy atom. The van der Waals surface area contributed by atoms with Crippen molar-refractivity contribution in [2.75, 3.05) is 43.4 Å². The van der Waals surface area contributed by atoms with Crippen molar-refractivity contribution >= 4 is 40.6 Å². The lowest BCUT2D eigenvalue weighted by atomic mass is 10.3. The van der Waals surface area contributed by atoms with Crippen LogP contribution in [-0.2, 0) is 0 Å². The van der Waals surface area contributed by atoms with Gasteiger partial charge in [-0.15, -0.1) is 0 Å². The molecule has 2 heterocycles. The summed E-state index contributed by atoms with van der Waals surface area (Å²) in [5, 5.41) is 3.54. The van der Waals surface area contributed by atoms with Crippen LogP contribution in [0.15, 0.2) is 30.6 Å². The van der Waals surface area contributed by atoms with Gasteiger partial charge in [0.15, 0.2) is 0 Å². The number of nitrogens with one attached hydrogen (secondary N) is 1. The summed E-state index contributed by atoms with van der Waals surface area (Å²) in [5.41, 5.74) is 0.804. The van der Waals surface area contributed by atoms with Crippen LogP contribution in [0.2, 0.25) is 10.0 Å². The number of benzene rings is 1. The minimum Gasteiger partial charge on any atom is -0.353 e. The molecule has 0 unspecified atom stereocenters. The first kappa shape index (κ1) is 17.0. The van der Waals surface area contributed by atoms with Gasteiger partial charge in [0.25, 0.3) is 5.91 Å². The molecule has 1 aliphatic heterocycles. The fourth-order valence-corrected chi connectivity index (χ4v) is 2.70. The molecule has 1 fully saturated rings. The zero-order valence-corrected chi connectivity index (χ0v) is 14.7. The molecule has 6 nitrogen and oxygen atoms in total. The van der Waals surface area contributed by atoms with Crippen LogP contribution < -0.4 is 10.2 Å². The summed E-state index contributed by atoms with van der Waals surface area (Å²) in [6.45, 7) is 3.78. The van der Waals surface area contributed by atoms with E-state index in [2.05, 4.69) is 32.1 Å². The Balaban J connectivity index is 1.66. The summed E-state index contributed by atoms with van der Waals surface area (Å²) in [6, 6.07) is 4.90. The number of carbonyl (C=O) groups excluding carboxylic acids is 1. The third-order valence-corrected chi connectivity index (χ3v) is 4.61. The highest BCUT2D eigenvalue weighted by Crippen LogP contribution is 2.25. The third kappa shape index (κ3) is 3.95. The number of likely N-dealkylation sites (N-methyl/N-ethyl adjacent to an activating group) is 1. The zero-order chi connectivity index (χ0) is 17.1. The van der Waals surface area contributed by atoms with Crippen molar-refractivity contribution in [3.63, 3.8) is 0 Å². The Hall–Kier alpha value is -1.89. The molecular weight excluding hydrogens is 349 g/mol. The third-order valence-electron chi connectivity index (χ3n) is 3.88. The second kappa shape index (κ2) is 7.34. The number of anilines is 2. The maximum Gasteiger partial charge on any atom is 0.275 e. The highest BCUT2D eigenvalue weighted by Gasteiger charge is 2.16. The van der Waals surface area contributed by atoms with Crippen LogP contribution >= 0.6 is 23.2 Å². The van der Waals surface area contributed by atoms with Crippen molar-refractivity contribution in [2.24, 2.45) is 0 Å². The Labute approximate surface area is 150 Å². The number of amides is 1. The van der Waals surface area contributed by atoms with E-state index in [0.717, 1.165) is 32.0 Å². The van der Waals surface area contributed by atoms with Crippen molar-refractivity contribution in [2.45, 2.75) is 0 Å². The standard InChI is InChI=1S/C16H17Cl2N5O/c1-22-4-6-23(7-5-22)15-10-19-14(9-20-15)16(24)21-11-2-3-12(17)13(18)8-11/h2-3,8-10H,4-7H2,1H3,(H,21,24). The first-order valence-electron chi connectivity index (χ1n) is 7.55. The molecule has 0 radical (unpaired) electrons. The SMILES string of the molecule is CN1CCN(c2cnc(C(=O)Nc3ccc(Cl)c(Cl)c3)cn2)CC1. The van der Waals surface area contributed by atoms with Gasteiger partial charge in [0.2, 0.25) is 0 Å². The van der Waals surface area contributed by atoms with E-state index >= 15 is 0 Å². The van der Waals surface area contributed by atoms with Crippen molar-refractivity contribution in [1.29, 1.82) is 0 Å². The molecular formula is C16H17Cl2N5O. The lowest BCUT2D eigenvalue weighted by molar-refractivity contribution is 0.102. The zero-order valence-electron chi connectivity index (χ0n) is 13.2. The fraction of sp³-hybridized carbons (Fsp3) is 0.312. The Bertz CT molecular complexity index is 730. The molecule has 8 heteroatoms. The van der Waals surface area contributed by atoms with Gasteiger partial charge in [-0.2, -0.15) is 0 Å². The summed E-state index contributed by atoms with van der Waals surface area (Å²) >= 11 is 11.8. The van der Waals surface area contributed by atoms with E-state index in [9.17, 15) is 4.79 Å². The average molecular weight is 366 g/mol. The molecule has 126 valence electrons. The number of carbonyl (C=O) groups is 1. The lowest BCUT2D eigenvalue weighted by Crippen LogP contribution is -2.44. The van der Waals surface area contributed by atoms with Gasteiger partial charge in [-0.3, -0.25) is 4.79 Å². The van der Waals surface area contributed by atoms with Crippen LogP contribution in [0.4, 0.5) is 11.5 Å². The molecule has 1 amide bonds. The highest BCUT2D eigenvalue weighted by molar-refractivity contribution is 6.42. The summed E-state index contributed by atoms with van der Waals surface area (Å²) in [6.07, 6.45) is 3.12. The van der Waals surface area contributed by atoms with E-state index in [4.69, 9.17) is 23.2 Å². The van der Waals surface area contributed by atoms with E-state index < -0.39 is 0 Å². The number of nitrogens with zero attached hydrogens (tertiary/aromatic N) is 4. The van der Waals surface area contributed by atoms with E-state index in [1.54, 1.807) is 24.4 Å². The van der Waals surface area contributed by atoms with E-state index in [0.29, 0.717) is 15.7 Å². The van der Waals surface area contributed by atoms with Crippen LogP contribution in [-0.4, -0.2) is 54.0 Å². The van der Waals surface area contributed by atoms with Gasteiger partial charge in [0.05, 0.1) is 22.4 Å². The topological polar surface area (TPSA) is 61.4 Å². The number of aromatic nitrogens is 2. The summed E-state index contributed by atoms with van der Waals surface area (Å²) in [7, 11) is 2.10. The Morgan fingerprint density at radius 2 is 1.83 bits per heavy atom. The first-order chi connectivity index (χ1) is 11.5. The smallest absolute Gasteiger partial charge is 0.275 e. The largest absolute Gasteiger partial charge is 0.353 e. The molecule has 1 aromatic carbocycles. The van der Waals surface area contributed by atoms with Gasteiger partial charge in [0, 0.05) is 31.9 Å². The van der Waals surface area contributed by atoms with Crippen LogP contribution in [0.3, 0.4) is 0 Å². The number of hydrogen-bond acceptors (Lipinski definition) is 5. The Kier molecular flexibility index (Phi) is 5.18. The average Bonchev–Trinajstić information content (AvgIpc) is 2.59. The van der Waals surface area contributed by atoms with Crippen LogP contribution in [0.1, 0.15) is 10.5 Å². The second-order valence-corrected chi connectivity index (χ2v) is 6.45. The Morgan fingerprint density at radius 3 is 2.46 bits per heavy atom. The predicted octanol–water partition coefficient (Wildman–Crippen LogP) is 2.79. The van der Waals surface area contributed by atoms with Gasteiger partial charge in [-0.1, -0.05) is 23.2 Å². The quantitative estimate of drug-likeness (QED) is 0.905. The molecule has 0 spiro atoms. The number of rotatable bonds is 3. The van der Waals surface area contributed by atoms with Crippen LogP contribution in [0.5, 0.6) is 0 Å². The van der Waals surface area contributed by atoms with Gasteiger partial charge < -0.3 is 15.1 Å². The summed E-state index contributed by atoms with van der Waals surface area (Å²) in [4.78, 5) is 25.2. The van der Waals surface area contributed by atoms with E-state index in [1.165, 1.54) is 6.20 Å². The molecule has 0 saturated carbocycles. The maximum absolute atomic E-state index is 12.2. The van der Waals surface area contributed by atoms with Crippen molar-refractivity contribution < 1.29 is 4.79 Å². The predicted molar refractivity (Wildman–Crippen MR) is 96.2 cm³/mol. The molecule has 1 N–H and O–H groups in total. The van der Waals surface area contributed by atoms with Gasteiger partial charge in [0.1, 0.15) is 11.5 Å². The number of halogens is 2. The van der Waals surface area contributed by atoms with Crippen LogP contribution in [0, 0.1) is 0 Å². The molecule has 1 aromatic heterocycles. The normalized spacial score (nSPS) is 15.4. The molecule has 2 aromatic rings. The minimum absolute atomic E-state index is 0.249. The fourth-order valence-electron chi connectivity index (χ4n) is 2.41. The molecule has 1 saturated heterocycles. The number of piperazine rings is 1. The molecule has 0 aliphatic carbocycles. The van der Waals surface area contributed by atoms with E-state index in [1.807, 2.05) is 0 Å². The van der Waals surface area contributed by atoms with Gasteiger partial charge in [-0.25, -0.2) is 9.97 Å². The second-order valence-electron chi connectivity index (χ2n) is 5.63. The maximum atomic E-state index is 12.2. The number of hydrogen-bond donors (Lipinski definition) is 1. The van der Waals surface area contributed by atoms with Crippen molar-refractivity contribution in [3.05, 3.63) is 46.3 Å². The first-order valence-corrected chi connectivity index (χ1v) is 8.30. The molecule has 0 atom stereocenters. The molecule has 0 bridgehead atoms. The highest BCUT2D eigenvalue weighted by atomic mass is 35.5. The van der Waals surface area contributed by atoms with Crippen LogP contribution in [0.25, 0.3) is 0 Å². The lowest BCUT2D eigenvalue weighted by Gasteiger charge is -2.32. The monoisotopic (exact) mass is 365 g/mol. The molecule has 24 heavy (non-hydrogen) atoms.